The highest BCUT2D eigenvalue weighted by atomic mass is 16.1. The third kappa shape index (κ3) is 2.74. The predicted octanol–water partition coefficient (Wildman–Crippen LogP) is 3.05. The lowest BCUT2D eigenvalue weighted by atomic mass is 9.86. The summed E-state index contributed by atoms with van der Waals surface area (Å²) in [4.78, 5) is 19.7. The molecule has 0 aliphatic heterocycles. The fraction of sp³-hybridized carbons (Fsp3) is 0.750. The first-order valence-corrected chi connectivity index (χ1v) is 7.92. The topological polar surface area (TPSA) is 57.8 Å². The molecule has 1 heterocycles. The highest BCUT2D eigenvalue weighted by Gasteiger charge is 2.40. The number of carbonyl (C=O) groups is 1. The van der Waals surface area contributed by atoms with Crippen LogP contribution in [0.15, 0.2) is 12.4 Å². The Bertz CT molecular complexity index is 454. The van der Waals surface area contributed by atoms with Gasteiger partial charge in [-0.25, -0.2) is 4.98 Å². The SMILES string of the molecule is CC(C)[C@H](NC(=O)CC1CC2CCC1C2)c1ncc[nH]1. The summed E-state index contributed by atoms with van der Waals surface area (Å²) in [5.41, 5.74) is 0. The number of nitrogens with one attached hydrogen (secondary N) is 2. The van der Waals surface area contributed by atoms with Gasteiger partial charge in [-0.2, -0.15) is 0 Å². The smallest absolute Gasteiger partial charge is 0.220 e. The number of hydrogen-bond donors (Lipinski definition) is 2. The number of rotatable bonds is 5. The third-order valence-electron chi connectivity index (χ3n) is 5.13. The van der Waals surface area contributed by atoms with E-state index in [-0.39, 0.29) is 11.9 Å². The van der Waals surface area contributed by atoms with Crippen LogP contribution in [0.25, 0.3) is 0 Å². The molecule has 1 aromatic heterocycles. The van der Waals surface area contributed by atoms with Crippen molar-refractivity contribution in [2.45, 2.75) is 52.0 Å². The van der Waals surface area contributed by atoms with Crippen LogP contribution < -0.4 is 5.32 Å². The van der Waals surface area contributed by atoms with E-state index in [4.69, 9.17) is 0 Å². The zero-order chi connectivity index (χ0) is 14.1. The number of fused-ring (bicyclic) bond motifs is 2. The average Bonchev–Trinajstić information content (AvgIpc) is 3.12. The maximum absolute atomic E-state index is 12.3. The average molecular weight is 275 g/mol. The van der Waals surface area contributed by atoms with Gasteiger partial charge in [0.15, 0.2) is 0 Å². The lowest BCUT2D eigenvalue weighted by molar-refractivity contribution is -0.123. The molecule has 1 amide bonds. The van der Waals surface area contributed by atoms with Crippen molar-refractivity contribution in [2.75, 3.05) is 0 Å². The lowest BCUT2D eigenvalue weighted by Crippen LogP contribution is -2.34. The van der Waals surface area contributed by atoms with Crippen LogP contribution in [-0.4, -0.2) is 15.9 Å². The summed E-state index contributed by atoms with van der Waals surface area (Å²) in [6.45, 7) is 4.23. The molecule has 2 saturated carbocycles. The number of aromatic nitrogens is 2. The van der Waals surface area contributed by atoms with Gasteiger partial charge in [-0.3, -0.25) is 4.79 Å². The Balaban J connectivity index is 1.57. The Morgan fingerprint density at radius 1 is 1.45 bits per heavy atom. The third-order valence-corrected chi connectivity index (χ3v) is 5.13. The van der Waals surface area contributed by atoms with Gasteiger partial charge in [-0.1, -0.05) is 20.3 Å². The molecule has 2 aliphatic carbocycles. The first-order chi connectivity index (χ1) is 9.63. The Hall–Kier alpha value is -1.32. The van der Waals surface area contributed by atoms with Gasteiger partial charge in [0.05, 0.1) is 6.04 Å². The van der Waals surface area contributed by atoms with Crippen LogP contribution in [-0.2, 0) is 4.79 Å². The van der Waals surface area contributed by atoms with E-state index >= 15 is 0 Å². The molecule has 0 spiro atoms. The zero-order valence-corrected chi connectivity index (χ0v) is 12.4. The van der Waals surface area contributed by atoms with Gasteiger partial charge in [-0.05, 0) is 42.9 Å². The number of aromatic amines is 1. The maximum Gasteiger partial charge on any atom is 0.220 e. The molecule has 4 heteroatoms. The van der Waals surface area contributed by atoms with Crippen LogP contribution in [0.4, 0.5) is 0 Å². The summed E-state index contributed by atoms with van der Waals surface area (Å²) in [5.74, 6) is 3.73. The number of nitrogens with zero attached hydrogens (tertiary/aromatic N) is 1. The quantitative estimate of drug-likeness (QED) is 0.867. The first kappa shape index (κ1) is 13.7. The van der Waals surface area contributed by atoms with Gasteiger partial charge in [0.2, 0.25) is 5.91 Å². The molecular weight excluding hydrogens is 250 g/mol. The van der Waals surface area contributed by atoms with Crippen molar-refractivity contribution in [3.8, 4) is 0 Å². The Kier molecular flexibility index (Phi) is 3.81. The minimum absolute atomic E-state index is 0.00362. The van der Waals surface area contributed by atoms with Crippen molar-refractivity contribution in [1.29, 1.82) is 0 Å². The van der Waals surface area contributed by atoms with E-state index in [1.807, 2.05) is 6.20 Å². The fourth-order valence-electron chi connectivity index (χ4n) is 4.10. The van der Waals surface area contributed by atoms with Crippen LogP contribution in [0.3, 0.4) is 0 Å². The number of carbonyl (C=O) groups excluding carboxylic acids is 1. The van der Waals surface area contributed by atoms with Crippen LogP contribution >= 0.6 is 0 Å². The largest absolute Gasteiger partial charge is 0.347 e. The van der Waals surface area contributed by atoms with Crippen molar-refractivity contribution >= 4 is 5.91 Å². The summed E-state index contributed by atoms with van der Waals surface area (Å²) in [5, 5.41) is 3.17. The van der Waals surface area contributed by atoms with Gasteiger partial charge in [-0.15, -0.1) is 0 Å². The Labute approximate surface area is 120 Å². The Morgan fingerprint density at radius 2 is 2.30 bits per heavy atom. The molecule has 2 fully saturated rings. The Morgan fingerprint density at radius 3 is 2.85 bits per heavy atom. The van der Waals surface area contributed by atoms with Crippen LogP contribution in [0.2, 0.25) is 0 Å². The van der Waals surface area contributed by atoms with Crippen LogP contribution in [0.1, 0.15) is 57.8 Å². The summed E-state index contributed by atoms with van der Waals surface area (Å²) < 4.78 is 0. The molecule has 20 heavy (non-hydrogen) atoms. The van der Waals surface area contributed by atoms with Gasteiger partial charge >= 0.3 is 0 Å². The number of amides is 1. The molecule has 0 radical (unpaired) electrons. The fourth-order valence-corrected chi connectivity index (χ4v) is 4.10. The second-order valence-corrected chi connectivity index (χ2v) is 6.90. The molecule has 2 bridgehead atoms. The second kappa shape index (κ2) is 5.58. The molecule has 110 valence electrons. The van der Waals surface area contributed by atoms with Crippen molar-refractivity contribution < 1.29 is 4.79 Å². The molecule has 2 N–H and O–H groups in total. The van der Waals surface area contributed by atoms with E-state index < -0.39 is 0 Å². The second-order valence-electron chi connectivity index (χ2n) is 6.90. The van der Waals surface area contributed by atoms with E-state index in [1.54, 1.807) is 6.20 Å². The molecule has 2 aliphatic rings. The molecular formula is C16H25N3O. The lowest BCUT2D eigenvalue weighted by Gasteiger charge is -2.24. The van der Waals surface area contributed by atoms with Gasteiger partial charge in [0.1, 0.15) is 5.82 Å². The van der Waals surface area contributed by atoms with Crippen LogP contribution in [0, 0.1) is 23.7 Å². The molecule has 1 aromatic rings. The minimum Gasteiger partial charge on any atom is -0.347 e. The summed E-state index contributed by atoms with van der Waals surface area (Å²) in [6, 6.07) is -0.00362. The molecule has 3 rings (SSSR count). The van der Waals surface area contributed by atoms with Gasteiger partial charge in [0.25, 0.3) is 0 Å². The van der Waals surface area contributed by atoms with Gasteiger partial charge < -0.3 is 10.3 Å². The summed E-state index contributed by atoms with van der Waals surface area (Å²) >= 11 is 0. The molecule has 4 atom stereocenters. The molecule has 4 nitrogen and oxygen atoms in total. The van der Waals surface area contributed by atoms with E-state index in [1.165, 1.54) is 25.7 Å². The van der Waals surface area contributed by atoms with Crippen LogP contribution in [0.5, 0.6) is 0 Å². The van der Waals surface area contributed by atoms with Crippen molar-refractivity contribution in [3.63, 3.8) is 0 Å². The van der Waals surface area contributed by atoms with Crippen molar-refractivity contribution in [1.82, 2.24) is 15.3 Å². The number of hydrogen-bond acceptors (Lipinski definition) is 2. The van der Waals surface area contributed by atoms with E-state index in [2.05, 4.69) is 29.1 Å². The highest BCUT2D eigenvalue weighted by Crippen LogP contribution is 2.49. The predicted molar refractivity (Wildman–Crippen MR) is 77.9 cm³/mol. The number of imidazole rings is 1. The van der Waals surface area contributed by atoms with E-state index in [9.17, 15) is 4.79 Å². The van der Waals surface area contributed by atoms with E-state index in [0.717, 1.165) is 17.7 Å². The molecule has 0 aromatic carbocycles. The van der Waals surface area contributed by atoms with Crippen molar-refractivity contribution in [3.05, 3.63) is 18.2 Å². The minimum atomic E-state index is -0.00362. The van der Waals surface area contributed by atoms with Crippen molar-refractivity contribution in [2.24, 2.45) is 23.7 Å². The summed E-state index contributed by atoms with van der Waals surface area (Å²) in [7, 11) is 0. The zero-order valence-electron chi connectivity index (χ0n) is 12.4. The first-order valence-electron chi connectivity index (χ1n) is 7.92. The highest BCUT2D eigenvalue weighted by molar-refractivity contribution is 5.76. The standard InChI is InChI=1S/C16H25N3O/c1-10(2)15(16-17-5-6-18-16)19-14(20)9-13-8-11-3-4-12(13)7-11/h5-6,10-13,15H,3-4,7-9H2,1-2H3,(H,17,18)(H,19,20)/t11?,12?,13?,15-/m0/s1. The number of H-pyrrole nitrogens is 1. The summed E-state index contributed by atoms with van der Waals surface area (Å²) in [6.07, 6.45) is 9.62. The molecule has 3 unspecified atom stereocenters. The monoisotopic (exact) mass is 275 g/mol. The normalized spacial score (nSPS) is 29.9. The van der Waals surface area contributed by atoms with E-state index in [0.29, 0.717) is 18.3 Å². The molecule has 0 saturated heterocycles. The maximum atomic E-state index is 12.3. The van der Waals surface area contributed by atoms with Gasteiger partial charge in [0, 0.05) is 18.8 Å².